The summed E-state index contributed by atoms with van der Waals surface area (Å²) in [6.07, 6.45) is 1.51. The molecule has 66 valence electrons. The monoisotopic (exact) mass is 214 g/mol. The Morgan fingerprint density at radius 2 is 2.15 bits per heavy atom. The SMILES string of the molecule is N#CNC(=O)c1cc(Cl)ccc1Cl. The largest absolute Gasteiger partial charge is 0.268 e. The van der Waals surface area contributed by atoms with Crippen LogP contribution in [0, 0.1) is 11.5 Å². The lowest BCUT2D eigenvalue weighted by Gasteiger charge is -2.00. The highest BCUT2D eigenvalue weighted by Crippen LogP contribution is 2.20. The number of halogens is 2. The summed E-state index contributed by atoms with van der Waals surface area (Å²) >= 11 is 11.3. The normalized spacial score (nSPS) is 9.00. The van der Waals surface area contributed by atoms with Crippen molar-refractivity contribution in [2.24, 2.45) is 0 Å². The van der Waals surface area contributed by atoms with E-state index in [1.807, 2.05) is 5.32 Å². The molecule has 0 atom stereocenters. The van der Waals surface area contributed by atoms with Crippen molar-refractivity contribution in [3.05, 3.63) is 33.8 Å². The number of hydrogen-bond acceptors (Lipinski definition) is 2. The number of carbonyl (C=O) groups excluding carboxylic acids is 1. The second-order valence-corrected chi connectivity index (χ2v) is 3.03. The Kier molecular flexibility index (Phi) is 3.13. The van der Waals surface area contributed by atoms with E-state index in [-0.39, 0.29) is 10.6 Å². The highest BCUT2D eigenvalue weighted by atomic mass is 35.5. The van der Waals surface area contributed by atoms with Crippen molar-refractivity contribution in [1.29, 1.82) is 5.26 Å². The van der Waals surface area contributed by atoms with Crippen LogP contribution in [-0.4, -0.2) is 5.91 Å². The molecule has 0 aliphatic rings. The molecule has 0 spiro atoms. The van der Waals surface area contributed by atoms with E-state index in [1.165, 1.54) is 18.3 Å². The van der Waals surface area contributed by atoms with Gasteiger partial charge < -0.3 is 0 Å². The Balaban J connectivity index is 3.07. The Morgan fingerprint density at radius 1 is 1.46 bits per heavy atom. The van der Waals surface area contributed by atoms with Crippen LogP contribution in [0.5, 0.6) is 0 Å². The molecule has 0 saturated carbocycles. The van der Waals surface area contributed by atoms with E-state index in [2.05, 4.69) is 0 Å². The van der Waals surface area contributed by atoms with Crippen LogP contribution < -0.4 is 5.32 Å². The zero-order valence-electron chi connectivity index (χ0n) is 6.34. The molecular weight excluding hydrogens is 211 g/mol. The number of carbonyl (C=O) groups is 1. The summed E-state index contributed by atoms with van der Waals surface area (Å²) < 4.78 is 0. The average molecular weight is 215 g/mol. The molecule has 1 N–H and O–H groups in total. The average Bonchev–Trinajstić information content (AvgIpc) is 2.09. The molecule has 0 aromatic heterocycles. The van der Waals surface area contributed by atoms with Gasteiger partial charge in [0.2, 0.25) is 0 Å². The number of hydrogen-bond donors (Lipinski definition) is 1. The lowest BCUT2D eigenvalue weighted by Crippen LogP contribution is -2.17. The van der Waals surface area contributed by atoms with Crippen molar-refractivity contribution in [3.8, 4) is 6.19 Å². The summed E-state index contributed by atoms with van der Waals surface area (Å²) in [6, 6.07) is 4.46. The molecule has 1 aromatic rings. The van der Waals surface area contributed by atoms with E-state index in [0.29, 0.717) is 5.02 Å². The quantitative estimate of drug-likeness (QED) is 0.576. The van der Waals surface area contributed by atoms with Gasteiger partial charge in [-0.2, -0.15) is 5.26 Å². The van der Waals surface area contributed by atoms with E-state index in [1.54, 1.807) is 6.07 Å². The van der Waals surface area contributed by atoms with Gasteiger partial charge in [-0.1, -0.05) is 23.2 Å². The van der Waals surface area contributed by atoms with E-state index in [4.69, 9.17) is 28.5 Å². The number of nitriles is 1. The molecule has 1 aromatic carbocycles. The van der Waals surface area contributed by atoms with Gasteiger partial charge in [-0.3, -0.25) is 10.1 Å². The second kappa shape index (κ2) is 4.13. The Bertz CT molecular complexity index is 384. The summed E-state index contributed by atoms with van der Waals surface area (Å²) in [5.41, 5.74) is 0.190. The van der Waals surface area contributed by atoms with Gasteiger partial charge in [0.1, 0.15) is 0 Å². The maximum Gasteiger partial charge on any atom is 0.265 e. The van der Waals surface area contributed by atoms with Crippen LogP contribution in [0.1, 0.15) is 10.4 Å². The van der Waals surface area contributed by atoms with Gasteiger partial charge in [0, 0.05) is 5.02 Å². The molecular formula is C8H4Cl2N2O. The van der Waals surface area contributed by atoms with Gasteiger partial charge in [0.15, 0.2) is 6.19 Å². The molecule has 0 unspecified atom stereocenters. The molecule has 0 bridgehead atoms. The molecule has 0 aliphatic carbocycles. The van der Waals surface area contributed by atoms with Crippen LogP contribution >= 0.6 is 23.2 Å². The zero-order chi connectivity index (χ0) is 9.84. The summed E-state index contributed by atoms with van der Waals surface area (Å²) in [4.78, 5) is 11.1. The van der Waals surface area contributed by atoms with Gasteiger partial charge >= 0.3 is 0 Å². The van der Waals surface area contributed by atoms with Crippen molar-refractivity contribution in [1.82, 2.24) is 5.32 Å². The molecule has 0 radical (unpaired) electrons. The number of nitrogens with zero attached hydrogens (tertiary/aromatic N) is 1. The number of nitrogens with one attached hydrogen (secondary N) is 1. The minimum Gasteiger partial charge on any atom is -0.268 e. The lowest BCUT2D eigenvalue weighted by atomic mass is 10.2. The maximum atomic E-state index is 11.1. The Hall–Kier alpha value is -1.24. The van der Waals surface area contributed by atoms with E-state index in [0.717, 1.165) is 0 Å². The molecule has 5 heteroatoms. The van der Waals surface area contributed by atoms with E-state index < -0.39 is 5.91 Å². The molecule has 3 nitrogen and oxygen atoms in total. The summed E-state index contributed by atoms with van der Waals surface area (Å²) in [6.45, 7) is 0. The maximum absolute atomic E-state index is 11.1. The van der Waals surface area contributed by atoms with Crippen molar-refractivity contribution < 1.29 is 4.79 Å². The summed E-state index contributed by atoms with van der Waals surface area (Å²) in [5, 5.41) is 10.8. The smallest absolute Gasteiger partial charge is 0.265 e. The summed E-state index contributed by atoms with van der Waals surface area (Å²) in [7, 11) is 0. The lowest BCUT2D eigenvalue weighted by molar-refractivity contribution is 0.0973. The van der Waals surface area contributed by atoms with E-state index in [9.17, 15) is 4.79 Å². The van der Waals surface area contributed by atoms with Gasteiger partial charge in [-0.25, -0.2) is 0 Å². The molecule has 0 heterocycles. The van der Waals surface area contributed by atoms with Crippen molar-refractivity contribution in [3.63, 3.8) is 0 Å². The fourth-order valence-electron chi connectivity index (χ4n) is 0.790. The molecule has 1 amide bonds. The third-order valence-electron chi connectivity index (χ3n) is 1.34. The molecule has 1 rings (SSSR count). The van der Waals surface area contributed by atoms with Gasteiger partial charge in [-0.05, 0) is 18.2 Å². The van der Waals surface area contributed by atoms with Crippen LogP contribution in [0.2, 0.25) is 10.0 Å². The van der Waals surface area contributed by atoms with Crippen molar-refractivity contribution in [2.45, 2.75) is 0 Å². The highest BCUT2D eigenvalue weighted by Gasteiger charge is 2.09. The first-order chi connectivity index (χ1) is 6.15. The molecule has 0 fully saturated rings. The number of benzene rings is 1. The van der Waals surface area contributed by atoms with Gasteiger partial charge in [0.25, 0.3) is 5.91 Å². The molecule has 13 heavy (non-hydrogen) atoms. The highest BCUT2D eigenvalue weighted by molar-refractivity contribution is 6.35. The standard InChI is InChI=1S/C8H4Cl2N2O/c9-5-1-2-7(10)6(3-5)8(13)12-4-11/h1-3H,(H,12,13). The Labute approximate surface area is 84.9 Å². The Morgan fingerprint density at radius 3 is 2.77 bits per heavy atom. The predicted molar refractivity (Wildman–Crippen MR) is 49.5 cm³/mol. The molecule has 0 saturated heterocycles. The minimum atomic E-state index is -0.560. The van der Waals surface area contributed by atoms with Crippen LogP contribution in [0.3, 0.4) is 0 Å². The van der Waals surface area contributed by atoms with Gasteiger partial charge in [0.05, 0.1) is 10.6 Å². The third-order valence-corrected chi connectivity index (χ3v) is 1.91. The fraction of sp³-hybridized carbons (Fsp3) is 0. The third kappa shape index (κ3) is 2.35. The van der Waals surface area contributed by atoms with E-state index >= 15 is 0 Å². The first kappa shape index (κ1) is 9.85. The van der Waals surface area contributed by atoms with Crippen LogP contribution in [-0.2, 0) is 0 Å². The summed E-state index contributed by atoms with van der Waals surface area (Å²) in [5.74, 6) is -0.560. The van der Waals surface area contributed by atoms with Crippen LogP contribution in [0.4, 0.5) is 0 Å². The van der Waals surface area contributed by atoms with Gasteiger partial charge in [-0.15, -0.1) is 0 Å². The predicted octanol–water partition coefficient (Wildman–Crippen LogP) is 2.20. The number of rotatable bonds is 1. The minimum absolute atomic E-state index is 0.190. The van der Waals surface area contributed by atoms with Crippen LogP contribution in [0.15, 0.2) is 18.2 Å². The topological polar surface area (TPSA) is 52.9 Å². The van der Waals surface area contributed by atoms with Crippen LogP contribution in [0.25, 0.3) is 0 Å². The zero-order valence-corrected chi connectivity index (χ0v) is 7.86. The molecule has 0 aliphatic heterocycles. The number of amides is 1. The van der Waals surface area contributed by atoms with Crippen molar-refractivity contribution >= 4 is 29.1 Å². The first-order valence-electron chi connectivity index (χ1n) is 3.29. The fourth-order valence-corrected chi connectivity index (χ4v) is 1.17. The van der Waals surface area contributed by atoms with Crippen molar-refractivity contribution in [2.75, 3.05) is 0 Å². The first-order valence-corrected chi connectivity index (χ1v) is 4.05. The second-order valence-electron chi connectivity index (χ2n) is 2.19.